The molecular formula is C31H27F2N5O. The maximum atomic E-state index is 14.5. The standard InChI is InChI=1S/C31H27F2N5O/c1-3-27-25-19-37(31(39)34-23-15-14-20(2)26(33)18-23)29(21-9-7-10-22(32)17-21)28-13-8-16-36(28)30(25)38(35-27)24-11-5-4-6-12-24/h4-18,29H,3,19H2,1-2H3,(H,34,39)/t29-/m0/s1. The molecule has 0 bridgehead atoms. The second-order valence-electron chi connectivity index (χ2n) is 9.63. The Balaban J connectivity index is 1.55. The van der Waals surface area contributed by atoms with Crippen LogP contribution in [0, 0.1) is 18.6 Å². The van der Waals surface area contributed by atoms with E-state index in [1.165, 1.54) is 18.2 Å². The van der Waals surface area contributed by atoms with Gasteiger partial charge in [0.2, 0.25) is 0 Å². The second-order valence-corrected chi connectivity index (χ2v) is 9.63. The van der Waals surface area contributed by atoms with E-state index in [2.05, 4.69) is 5.32 Å². The molecular weight excluding hydrogens is 496 g/mol. The number of carbonyl (C=O) groups excluding carboxylic acids is 1. The number of amides is 2. The van der Waals surface area contributed by atoms with Crippen molar-refractivity contribution in [1.29, 1.82) is 0 Å². The van der Waals surface area contributed by atoms with E-state index in [1.54, 1.807) is 30.0 Å². The predicted octanol–water partition coefficient (Wildman–Crippen LogP) is 6.95. The maximum Gasteiger partial charge on any atom is 0.322 e. The molecule has 6 rings (SSSR count). The number of carbonyl (C=O) groups is 1. The molecule has 0 unspecified atom stereocenters. The maximum absolute atomic E-state index is 14.5. The molecule has 0 saturated heterocycles. The fraction of sp³-hybridized carbons (Fsp3) is 0.161. The van der Waals surface area contributed by atoms with Crippen molar-refractivity contribution in [2.75, 3.05) is 5.32 Å². The normalized spacial score (nSPS) is 14.5. The van der Waals surface area contributed by atoms with E-state index < -0.39 is 23.7 Å². The van der Waals surface area contributed by atoms with Crippen molar-refractivity contribution in [3.8, 4) is 11.5 Å². The number of hydrogen-bond acceptors (Lipinski definition) is 2. The number of rotatable bonds is 4. The van der Waals surface area contributed by atoms with Crippen LogP contribution in [-0.2, 0) is 13.0 Å². The molecule has 5 aromatic rings. The lowest BCUT2D eigenvalue weighted by atomic mass is 10.0. The highest BCUT2D eigenvalue weighted by Gasteiger charge is 2.36. The van der Waals surface area contributed by atoms with Crippen LogP contribution in [0.4, 0.5) is 19.3 Å². The zero-order valence-electron chi connectivity index (χ0n) is 21.6. The van der Waals surface area contributed by atoms with E-state index in [9.17, 15) is 13.6 Å². The van der Waals surface area contributed by atoms with Gasteiger partial charge in [0.25, 0.3) is 0 Å². The van der Waals surface area contributed by atoms with Gasteiger partial charge in [-0.3, -0.25) is 0 Å². The van der Waals surface area contributed by atoms with Gasteiger partial charge in [-0.05, 0) is 73.0 Å². The van der Waals surface area contributed by atoms with Gasteiger partial charge in [-0.25, -0.2) is 18.3 Å². The first kappa shape index (κ1) is 24.6. The number of halogens is 2. The Hall–Kier alpha value is -4.72. The minimum Gasteiger partial charge on any atom is -0.308 e. The van der Waals surface area contributed by atoms with Crippen LogP contribution < -0.4 is 5.32 Å². The summed E-state index contributed by atoms with van der Waals surface area (Å²) in [6.45, 7) is 3.92. The molecule has 1 aliphatic heterocycles. The van der Waals surface area contributed by atoms with E-state index in [0.717, 1.165) is 28.5 Å². The Morgan fingerprint density at radius 2 is 1.82 bits per heavy atom. The first-order valence-corrected chi connectivity index (χ1v) is 12.9. The highest BCUT2D eigenvalue weighted by Crippen LogP contribution is 2.39. The summed E-state index contributed by atoms with van der Waals surface area (Å²) in [5.41, 5.74) is 4.88. The van der Waals surface area contributed by atoms with Gasteiger partial charge in [-0.15, -0.1) is 0 Å². The Morgan fingerprint density at radius 3 is 2.56 bits per heavy atom. The van der Waals surface area contributed by atoms with Crippen LogP contribution in [0.5, 0.6) is 0 Å². The van der Waals surface area contributed by atoms with Crippen molar-refractivity contribution in [3.63, 3.8) is 0 Å². The number of aryl methyl sites for hydroxylation is 2. The molecule has 0 radical (unpaired) electrons. The van der Waals surface area contributed by atoms with Crippen molar-refractivity contribution >= 4 is 11.7 Å². The molecule has 0 aliphatic carbocycles. The van der Waals surface area contributed by atoms with Crippen LogP contribution in [0.3, 0.4) is 0 Å². The molecule has 0 fully saturated rings. The van der Waals surface area contributed by atoms with Crippen molar-refractivity contribution in [1.82, 2.24) is 19.2 Å². The summed E-state index contributed by atoms with van der Waals surface area (Å²) in [5.74, 6) is 0.0353. The number of benzene rings is 3. The number of urea groups is 1. The second kappa shape index (κ2) is 9.87. The molecule has 0 saturated carbocycles. The fourth-order valence-corrected chi connectivity index (χ4v) is 5.24. The Bertz CT molecular complexity index is 1670. The molecule has 3 heterocycles. The van der Waals surface area contributed by atoms with E-state index in [0.29, 0.717) is 23.2 Å². The molecule has 196 valence electrons. The lowest BCUT2D eigenvalue weighted by molar-refractivity contribution is 0.194. The summed E-state index contributed by atoms with van der Waals surface area (Å²) in [6.07, 6.45) is 2.60. The molecule has 2 aromatic heterocycles. The largest absolute Gasteiger partial charge is 0.322 e. The number of aromatic nitrogens is 3. The van der Waals surface area contributed by atoms with Crippen molar-refractivity contribution in [2.45, 2.75) is 32.9 Å². The first-order chi connectivity index (χ1) is 18.9. The summed E-state index contributed by atoms with van der Waals surface area (Å²) >= 11 is 0. The number of hydrogen-bond donors (Lipinski definition) is 1. The third-order valence-electron chi connectivity index (χ3n) is 7.15. The average molecular weight is 524 g/mol. The highest BCUT2D eigenvalue weighted by atomic mass is 19.1. The highest BCUT2D eigenvalue weighted by molar-refractivity contribution is 5.90. The van der Waals surface area contributed by atoms with E-state index in [1.807, 2.05) is 70.9 Å². The Kier molecular flexibility index (Phi) is 6.23. The summed E-state index contributed by atoms with van der Waals surface area (Å²) in [6, 6.07) is 23.5. The van der Waals surface area contributed by atoms with Crippen molar-refractivity contribution in [2.24, 2.45) is 0 Å². The average Bonchev–Trinajstić information content (AvgIpc) is 3.52. The number of nitrogens with one attached hydrogen (secondary N) is 1. The minimum atomic E-state index is -0.618. The number of para-hydroxylation sites is 1. The molecule has 39 heavy (non-hydrogen) atoms. The van der Waals surface area contributed by atoms with Crippen LogP contribution in [-0.4, -0.2) is 25.3 Å². The molecule has 6 nitrogen and oxygen atoms in total. The van der Waals surface area contributed by atoms with E-state index in [4.69, 9.17) is 5.10 Å². The molecule has 3 aromatic carbocycles. The number of nitrogens with zero attached hydrogens (tertiary/aromatic N) is 4. The van der Waals surface area contributed by atoms with Gasteiger partial charge in [0, 0.05) is 17.4 Å². The summed E-state index contributed by atoms with van der Waals surface area (Å²) in [4.78, 5) is 15.6. The van der Waals surface area contributed by atoms with Crippen molar-refractivity contribution < 1.29 is 13.6 Å². The minimum absolute atomic E-state index is 0.217. The monoisotopic (exact) mass is 523 g/mol. The van der Waals surface area contributed by atoms with Gasteiger partial charge in [-0.1, -0.05) is 43.3 Å². The zero-order valence-corrected chi connectivity index (χ0v) is 21.6. The lowest BCUT2D eigenvalue weighted by Gasteiger charge is -2.31. The SMILES string of the molecule is CCc1nn(-c2ccccc2)c2c1CN(C(=O)Nc1ccc(C)c(F)c1)[C@@H](c1cccc(F)c1)c1cccn1-2. The number of anilines is 1. The third kappa shape index (κ3) is 4.37. The molecule has 1 atom stereocenters. The quantitative estimate of drug-likeness (QED) is 0.277. The number of fused-ring (bicyclic) bond motifs is 3. The van der Waals surface area contributed by atoms with Gasteiger partial charge in [-0.2, -0.15) is 5.10 Å². The lowest BCUT2D eigenvalue weighted by Crippen LogP contribution is -2.38. The van der Waals surface area contributed by atoms with Crippen LogP contribution in [0.2, 0.25) is 0 Å². The fourth-order valence-electron chi connectivity index (χ4n) is 5.24. The predicted molar refractivity (Wildman–Crippen MR) is 146 cm³/mol. The van der Waals surface area contributed by atoms with Gasteiger partial charge in [0.05, 0.1) is 29.7 Å². The molecule has 8 heteroatoms. The summed E-state index contributed by atoms with van der Waals surface area (Å²) in [7, 11) is 0. The smallest absolute Gasteiger partial charge is 0.308 e. The Morgan fingerprint density at radius 1 is 1.00 bits per heavy atom. The third-order valence-corrected chi connectivity index (χ3v) is 7.15. The Labute approximate surface area is 225 Å². The van der Waals surface area contributed by atoms with Gasteiger partial charge in [0.15, 0.2) is 0 Å². The van der Waals surface area contributed by atoms with Gasteiger partial charge >= 0.3 is 6.03 Å². The van der Waals surface area contributed by atoms with Crippen LogP contribution in [0.15, 0.2) is 91.1 Å². The van der Waals surface area contributed by atoms with Crippen LogP contribution in [0.1, 0.15) is 41.0 Å². The van der Waals surface area contributed by atoms with Crippen molar-refractivity contribution in [3.05, 3.63) is 131 Å². The molecule has 1 aliphatic rings. The van der Waals surface area contributed by atoms with Crippen LogP contribution >= 0.6 is 0 Å². The molecule has 1 N–H and O–H groups in total. The summed E-state index contributed by atoms with van der Waals surface area (Å²) < 4.78 is 32.8. The first-order valence-electron chi connectivity index (χ1n) is 12.9. The van der Waals surface area contributed by atoms with Gasteiger partial charge in [0.1, 0.15) is 17.5 Å². The molecule has 0 spiro atoms. The zero-order chi connectivity index (χ0) is 27.1. The van der Waals surface area contributed by atoms with E-state index >= 15 is 0 Å². The van der Waals surface area contributed by atoms with E-state index in [-0.39, 0.29) is 6.54 Å². The van der Waals surface area contributed by atoms with Crippen LogP contribution in [0.25, 0.3) is 11.5 Å². The summed E-state index contributed by atoms with van der Waals surface area (Å²) in [5, 5.41) is 7.81. The molecule has 2 amide bonds. The topological polar surface area (TPSA) is 55.1 Å². The van der Waals surface area contributed by atoms with Gasteiger partial charge < -0.3 is 14.8 Å².